The molecular weight excluding hydrogens is 320 g/mol. The van der Waals surface area contributed by atoms with Crippen molar-refractivity contribution in [3.05, 3.63) is 47.0 Å². The predicted octanol–water partition coefficient (Wildman–Crippen LogP) is 4.11. The summed E-state index contributed by atoms with van der Waals surface area (Å²) in [5.74, 6) is 2.45. The van der Waals surface area contributed by atoms with E-state index in [1.54, 1.807) is 33.5 Å². The number of hydrogen-bond acceptors (Lipinski definition) is 5. The van der Waals surface area contributed by atoms with Gasteiger partial charge in [0.25, 0.3) is 0 Å². The van der Waals surface area contributed by atoms with Crippen molar-refractivity contribution in [2.75, 3.05) is 28.1 Å². The van der Waals surface area contributed by atoms with Gasteiger partial charge in [0, 0.05) is 31.2 Å². The molecule has 0 aliphatic carbocycles. The van der Waals surface area contributed by atoms with Crippen LogP contribution in [-0.4, -0.2) is 33.2 Å². The predicted molar refractivity (Wildman–Crippen MR) is 97.1 cm³/mol. The maximum Gasteiger partial charge on any atom is 0.188 e. The Kier molecular flexibility index (Phi) is 6.53. The monoisotopic (exact) mass is 346 g/mol. The molecule has 5 heteroatoms. The first-order valence-electron chi connectivity index (χ1n) is 8.18. The zero-order chi connectivity index (χ0) is 18.4. The number of benzene rings is 2. The number of hydrogen-bond donors (Lipinski definition) is 1. The molecule has 2 aromatic rings. The lowest BCUT2D eigenvalue weighted by Crippen LogP contribution is -2.04. The Balaban J connectivity index is 2.39. The van der Waals surface area contributed by atoms with Gasteiger partial charge in [0.05, 0.1) is 14.2 Å². The van der Waals surface area contributed by atoms with Gasteiger partial charge in [-0.2, -0.15) is 0 Å². The highest BCUT2D eigenvalue weighted by atomic mass is 16.7. The van der Waals surface area contributed by atoms with Crippen LogP contribution in [0.4, 0.5) is 0 Å². The molecule has 25 heavy (non-hydrogen) atoms. The first kappa shape index (κ1) is 18.9. The van der Waals surface area contributed by atoms with Crippen LogP contribution >= 0.6 is 0 Å². The molecule has 0 spiro atoms. The first-order chi connectivity index (χ1) is 12.0. The van der Waals surface area contributed by atoms with Crippen molar-refractivity contribution in [2.24, 2.45) is 0 Å². The van der Waals surface area contributed by atoms with Gasteiger partial charge in [-0.3, -0.25) is 0 Å². The van der Waals surface area contributed by atoms with Crippen molar-refractivity contribution in [1.29, 1.82) is 0 Å². The lowest BCUT2D eigenvalue weighted by Gasteiger charge is -2.17. The second-order valence-electron chi connectivity index (χ2n) is 6.08. The summed E-state index contributed by atoms with van der Waals surface area (Å²) in [6.45, 7) is 4.47. The van der Waals surface area contributed by atoms with E-state index in [0.717, 1.165) is 22.4 Å². The third-order valence-corrected chi connectivity index (χ3v) is 4.00. The molecule has 0 saturated carbocycles. The average Bonchev–Trinajstić information content (AvgIpc) is 2.61. The van der Waals surface area contributed by atoms with E-state index in [0.29, 0.717) is 23.8 Å². The van der Waals surface area contributed by atoms with E-state index >= 15 is 0 Å². The fraction of sp³-hybridized carbons (Fsp3) is 0.400. The van der Waals surface area contributed by atoms with Crippen LogP contribution in [0.2, 0.25) is 0 Å². The molecule has 0 atom stereocenters. The van der Waals surface area contributed by atoms with Crippen LogP contribution < -0.4 is 14.2 Å². The normalized spacial score (nSPS) is 10.8. The number of methoxy groups -OCH3 is 3. The number of ether oxygens (including phenoxy) is 4. The SMILES string of the molecule is COCOc1ccc(Cc2c(OC)cc(O)cc2OC)cc1C(C)C. The Bertz CT molecular complexity index is 684. The minimum Gasteiger partial charge on any atom is -0.508 e. The van der Waals surface area contributed by atoms with Crippen molar-refractivity contribution in [1.82, 2.24) is 0 Å². The molecule has 0 fully saturated rings. The van der Waals surface area contributed by atoms with Crippen LogP contribution in [0, 0.1) is 0 Å². The van der Waals surface area contributed by atoms with Crippen molar-refractivity contribution in [3.63, 3.8) is 0 Å². The Morgan fingerprint density at radius 3 is 2.08 bits per heavy atom. The van der Waals surface area contributed by atoms with E-state index in [9.17, 15) is 5.11 Å². The van der Waals surface area contributed by atoms with Gasteiger partial charge in [-0.05, 0) is 23.1 Å². The van der Waals surface area contributed by atoms with Crippen LogP contribution in [0.25, 0.3) is 0 Å². The van der Waals surface area contributed by atoms with Crippen LogP contribution in [0.15, 0.2) is 30.3 Å². The molecule has 0 aliphatic rings. The largest absolute Gasteiger partial charge is 0.508 e. The Labute approximate surface area is 149 Å². The van der Waals surface area contributed by atoms with Crippen LogP contribution in [-0.2, 0) is 11.2 Å². The van der Waals surface area contributed by atoms with Gasteiger partial charge >= 0.3 is 0 Å². The van der Waals surface area contributed by atoms with E-state index in [1.165, 1.54) is 0 Å². The Hall–Kier alpha value is -2.40. The summed E-state index contributed by atoms with van der Waals surface area (Å²) in [6.07, 6.45) is 0.622. The molecule has 0 aliphatic heterocycles. The highest BCUT2D eigenvalue weighted by Gasteiger charge is 2.15. The van der Waals surface area contributed by atoms with Crippen LogP contribution in [0.5, 0.6) is 23.0 Å². The van der Waals surface area contributed by atoms with Gasteiger partial charge in [0.1, 0.15) is 23.0 Å². The summed E-state index contributed by atoms with van der Waals surface area (Å²) in [5.41, 5.74) is 3.12. The molecule has 0 unspecified atom stereocenters. The van der Waals surface area contributed by atoms with Gasteiger partial charge in [0.15, 0.2) is 6.79 Å². The molecule has 0 saturated heterocycles. The summed E-state index contributed by atoms with van der Waals surface area (Å²) >= 11 is 0. The lowest BCUT2D eigenvalue weighted by molar-refractivity contribution is 0.0502. The van der Waals surface area contributed by atoms with Gasteiger partial charge < -0.3 is 24.1 Å². The number of phenolic OH excluding ortho intramolecular Hbond substituents is 1. The van der Waals surface area contributed by atoms with Gasteiger partial charge in [0.2, 0.25) is 0 Å². The average molecular weight is 346 g/mol. The summed E-state index contributed by atoms with van der Waals surface area (Å²) in [5, 5.41) is 9.79. The second kappa shape index (κ2) is 8.62. The molecule has 2 rings (SSSR count). The molecule has 0 radical (unpaired) electrons. The van der Waals surface area contributed by atoms with Gasteiger partial charge in [-0.1, -0.05) is 26.0 Å². The zero-order valence-electron chi connectivity index (χ0n) is 15.5. The first-order valence-corrected chi connectivity index (χ1v) is 8.18. The van der Waals surface area contributed by atoms with Crippen molar-refractivity contribution < 1.29 is 24.1 Å². The number of phenols is 1. The summed E-state index contributed by atoms with van der Waals surface area (Å²) in [4.78, 5) is 0. The van der Waals surface area contributed by atoms with Crippen molar-refractivity contribution in [3.8, 4) is 23.0 Å². The van der Waals surface area contributed by atoms with E-state index in [4.69, 9.17) is 18.9 Å². The third-order valence-electron chi connectivity index (χ3n) is 4.00. The number of rotatable bonds is 8. The maximum absolute atomic E-state index is 9.79. The van der Waals surface area contributed by atoms with E-state index in [2.05, 4.69) is 19.9 Å². The second-order valence-corrected chi connectivity index (χ2v) is 6.08. The molecule has 5 nitrogen and oxygen atoms in total. The topological polar surface area (TPSA) is 57.2 Å². The lowest BCUT2D eigenvalue weighted by atomic mass is 9.96. The molecule has 0 amide bonds. The van der Waals surface area contributed by atoms with Crippen LogP contribution in [0.1, 0.15) is 36.5 Å². The smallest absolute Gasteiger partial charge is 0.188 e. The molecule has 2 aromatic carbocycles. The van der Waals surface area contributed by atoms with Crippen molar-refractivity contribution in [2.45, 2.75) is 26.2 Å². The summed E-state index contributed by atoms with van der Waals surface area (Å²) < 4.78 is 21.5. The molecule has 0 bridgehead atoms. The Morgan fingerprint density at radius 1 is 0.920 bits per heavy atom. The summed E-state index contributed by atoms with van der Waals surface area (Å²) in [6, 6.07) is 9.29. The van der Waals surface area contributed by atoms with E-state index in [1.807, 2.05) is 12.1 Å². The molecule has 0 aromatic heterocycles. The van der Waals surface area contributed by atoms with Crippen LogP contribution in [0.3, 0.4) is 0 Å². The molecule has 0 heterocycles. The van der Waals surface area contributed by atoms with Crippen molar-refractivity contribution >= 4 is 0 Å². The number of aromatic hydroxyl groups is 1. The zero-order valence-corrected chi connectivity index (χ0v) is 15.5. The van der Waals surface area contributed by atoms with Gasteiger partial charge in [-0.25, -0.2) is 0 Å². The maximum atomic E-state index is 9.79. The van der Waals surface area contributed by atoms with E-state index in [-0.39, 0.29) is 12.5 Å². The standard InChI is InChI=1S/C20H26O5/c1-13(2)16-8-14(6-7-18(16)25-12-22-3)9-17-19(23-4)10-15(21)11-20(17)24-5/h6-8,10-11,13,21H,9,12H2,1-5H3. The fourth-order valence-corrected chi connectivity index (χ4v) is 2.76. The highest BCUT2D eigenvalue weighted by Crippen LogP contribution is 2.36. The molecule has 1 N–H and O–H groups in total. The van der Waals surface area contributed by atoms with Gasteiger partial charge in [-0.15, -0.1) is 0 Å². The quantitative estimate of drug-likeness (QED) is 0.729. The minimum absolute atomic E-state index is 0.114. The highest BCUT2D eigenvalue weighted by molar-refractivity contribution is 5.53. The summed E-state index contributed by atoms with van der Waals surface area (Å²) in [7, 11) is 4.77. The Morgan fingerprint density at radius 2 is 1.56 bits per heavy atom. The fourth-order valence-electron chi connectivity index (χ4n) is 2.76. The van der Waals surface area contributed by atoms with E-state index < -0.39 is 0 Å². The minimum atomic E-state index is 0.114. The molecule has 136 valence electrons. The third kappa shape index (κ3) is 4.57. The molecular formula is C20H26O5.